The summed E-state index contributed by atoms with van der Waals surface area (Å²) >= 11 is 0. The van der Waals surface area contributed by atoms with Gasteiger partial charge < -0.3 is 10.0 Å². The fraction of sp³-hybridized carbons (Fsp3) is 0.417. The van der Waals surface area contributed by atoms with E-state index in [1.54, 1.807) is 0 Å². The van der Waals surface area contributed by atoms with Crippen molar-refractivity contribution in [2.45, 2.75) is 25.1 Å². The zero-order chi connectivity index (χ0) is 15.2. The summed E-state index contributed by atoms with van der Waals surface area (Å²) in [6.07, 6.45) is -0.334. The minimum Gasteiger partial charge on any atom is -0.480 e. The highest BCUT2D eigenvalue weighted by atomic mass is 19.4. The normalized spacial score (nSPS) is 15.4. The third-order valence-electron chi connectivity index (χ3n) is 3.23. The largest absolute Gasteiger partial charge is 0.480 e. The quantitative estimate of drug-likeness (QED) is 0.932. The Hall–Kier alpha value is -2.32. The van der Waals surface area contributed by atoms with Crippen LogP contribution in [0, 0.1) is 0 Å². The van der Waals surface area contributed by atoms with E-state index in [0.717, 1.165) is 23.4 Å². The Balaban J connectivity index is 2.08. The van der Waals surface area contributed by atoms with E-state index >= 15 is 0 Å². The van der Waals surface area contributed by atoms with Gasteiger partial charge in [-0.15, -0.1) is 0 Å². The third-order valence-corrected chi connectivity index (χ3v) is 3.23. The van der Waals surface area contributed by atoms with Gasteiger partial charge in [0, 0.05) is 24.5 Å². The molecule has 3 rings (SSSR count). The summed E-state index contributed by atoms with van der Waals surface area (Å²) in [5.41, 5.74) is -0.874. The first kappa shape index (κ1) is 13.7. The Morgan fingerprint density at radius 1 is 1.48 bits per heavy atom. The molecule has 9 heteroatoms. The van der Waals surface area contributed by atoms with Gasteiger partial charge in [0.05, 0.1) is 0 Å². The molecule has 2 heterocycles. The van der Waals surface area contributed by atoms with Crippen molar-refractivity contribution < 1.29 is 23.1 Å². The maximum atomic E-state index is 12.7. The van der Waals surface area contributed by atoms with Gasteiger partial charge in [-0.3, -0.25) is 4.79 Å². The highest BCUT2D eigenvalue weighted by molar-refractivity contribution is 5.78. The van der Waals surface area contributed by atoms with Crippen molar-refractivity contribution in [1.82, 2.24) is 14.6 Å². The van der Waals surface area contributed by atoms with Gasteiger partial charge in [0.1, 0.15) is 12.1 Å². The minimum absolute atomic E-state index is 0.00374. The SMILES string of the molecule is O=C(O)CN(c1nccn2nc(C(F)(F)F)cc12)C1CC1. The number of aromatic nitrogens is 3. The smallest absolute Gasteiger partial charge is 0.435 e. The number of hydrogen-bond acceptors (Lipinski definition) is 4. The first-order valence-electron chi connectivity index (χ1n) is 6.26. The van der Waals surface area contributed by atoms with Crippen LogP contribution >= 0.6 is 0 Å². The third kappa shape index (κ3) is 2.63. The number of fused-ring (bicyclic) bond motifs is 1. The van der Waals surface area contributed by atoms with Crippen LogP contribution in [0.4, 0.5) is 19.0 Å². The fourth-order valence-electron chi connectivity index (χ4n) is 2.18. The van der Waals surface area contributed by atoms with Crippen molar-refractivity contribution in [3.05, 3.63) is 24.2 Å². The van der Waals surface area contributed by atoms with E-state index in [4.69, 9.17) is 5.11 Å². The van der Waals surface area contributed by atoms with Crippen LogP contribution in [-0.2, 0) is 11.0 Å². The second-order valence-corrected chi connectivity index (χ2v) is 4.86. The van der Waals surface area contributed by atoms with Crippen LogP contribution in [0.25, 0.3) is 5.52 Å². The van der Waals surface area contributed by atoms with E-state index in [1.807, 2.05) is 0 Å². The van der Waals surface area contributed by atoms with Crippen molar-refractivity contribution >= 4 is 17.3 Å². The summed E-state index contributed by atoms with van der Waals surface area (Å²) < 4.78 is 39.3. The van der Waals surface area contributed by atoms with Gasteiger partial charge >= 0.3 is 12.1 Å². The van der Waals surface area contributed by atoms with Crippen molar-refractivity contribution in [2.24, 2.45) is 0 Å². The first-order valence-corrected chi connectivity index (χ1v) is 6.26. The average molecular weight is 300 g/mol. The second-order valence-electron chi connectivity index (χ2n) is 4.86. The number of hydrogen-bond donors (Lipinski definition) is 1. The van der Waals surface area contributed by atoms with E-state index in [-0.39, 0.29) is 23.9 Å². The number of alkyl halides is 3. The Morgan fingerprint density at radius 3 is 2.76 bits per heavy atom. The number of carboxylic acids is 1. The van der Waals surface area contributed by atoms with Crippen molar-refractivity contribution in [3.8, 4) is 0 Å². The molecule has 0 atom stereocenters. The van der Waals surface area contributed by atoms with Crippen molar-refractivity contribution in [1.29, 1.82) is 0 Å². The van der Waals surface area contributed by atoms with Crippen molar-refractivity contribution in [2.75, 3.05) is 11.4 Å². The van der Waals surface area contributed by atoms with Crippen LogP contribution in [0.5, 0.6) is 0 Å². The standard InChI is InChI=1S/C12H11F3N4O2/c13-12(14,15)9-5-8-11(16-3-4-19(8)17-9)18(6-10(20)21)7-1-2-7/h3-5,7H,1-2,6H2,(H,20,21). The highest BCUT2D eigenvalue weighted by Gasteiger charge is 2.36. The Morgan fingerprint density at radius 2 is 2.19 bits per heavy atom. The molecule has 0 radical (unpaired) electrons. The summed E-state index contributed by atoms with van der Waals surface area (Å²) in [4.78, 5) is 16.5. The van der Waals surface area contributed by atoms with Gasteiger partial charge in [0.15, 0.2) is 11.5 Å². The summed E-state index contributed by atoms with van der Waals surface area (Å²) in [5, 5.41) is 12.4. The van der Waals surface area contributed by atoms with Gasteiger partial charge in [-0.25, -0.2) is 9.50 Å². The lowest BCUT2D eigenvalue weighted by Crippen LogP contribution is -2.32. The molecule has 112 valence electrons. The van der Waals surface area contributed by atoms with Gasteiger partial charge in [0.2, 0.25) is 0 Å². The molecule has 21 heavy (non-hydrogen) atoms. The van der Waals surface area contributed by atoms with Crippen LogP contribution in [0.2, 0.25) is 0 Å². The minimum atomic E-state index is -4.56. The molecule has 2 aromatic rings. The topological polar surface area (TPSA) is 70.7 Å². The average Bonchev–Trinajstić information content (AvgIpc) is 3.11. The summed E-state index contributed by atoms with van der Waals surface area (Å²) in [7, 11) is 0. The predicted molar refractivity (Wildman–Crippen MR) is 66.0 cm³/mol. The van der Waals surface area contributed by atoms with E-state index < -0.39 is 17.8 Å². The fourth-order valence-corrected chi connectivity index (χ4v) is 2.18. The van der Waals surface area contributed by atoms with E-state index in [0.29, 0.717) is 0 Å². The number of anilines is 1. The molecular weight excluding hydrogens is 289 g/mol. The summed E-state index contributed by atoms with van der Waals surface area (Å²) in [5.74, 6) is -0.841. The van der Waals surface area contributed by atoms with E-state index in [2.05, 4.69) is 10.1 Å². The second kappa shape index (κ2) is 4.61. The van der Waals surface area contributed by atoms with Gasteiger partial charge in [-0.2, -0.15) is 18.3 Å². The van der Waals surface area contributed by atoms with Crippen LogP contribution < -0.4 is 4.90 Å². The summed E-state index contributed by atoms with van der Waals surface area (Å²) in [6.45, 7) is -0.302. The summed E-state index contributed by atoms with van der Waals surface area (Å²) in [6, 6.07) is 0.892. The molecule has 0 aliphatic heterocycles. The molecule has 0 bridgehead atoms. The number of carboxylic acid groups (broad SMARTS) is 1. The van der Waals surface area contributed by atoms with E-state index in [9.17, 15) is 18.0 Å². The zero-order valence-corrected chi connectivity index (χ0v) is 10.7. The molecule has 1 N–H and O–H groups in total. The molecule has 1 fully saturated rings. The maximum Gasteiger partial charge on any atom is 0.435 e. The first-order chi connectivity index (χ1) is 9.86. The molecule has 0 saturated heterocycles. The maximum absolute atomic E-state index is 12.7. The molecule has 2 aromatic heterocycles. The van der Waals surface area contributed by atoms with Gasteiger partial charge in [-0.05, 0) is 12.8 Å². The monoisotopic (exact) mass is 300 g/mol. The van der Waals surface area contributed by atoms with Gasteiger partial charge in [-0.1, -0.05) is 0 Å². The van der Waals surface area contributed by atoms with Crippen LogP contribution in [0.1, 0.15) is 18.5 Å². The number of carbonyl (C=O) groups is 1. The molecule has 0 aromatic carbocycles. The Kier molecular flexibility index (Phi) is 2.99. The number of rotatable bonds is 4. The van der Waals surface area contributed by atoms with Crippen LogP contribution in [0.3, 0.4) is 0 Å². The number of halogens is 3. The van der Waals surface area contributed by atoms with Gasteiger partial charge in [0.25, 0.3) is 0 Å². The highest BCUT2D eigenvalue weighted by Crippen LogP contribution is 2.35. The predicted octanol–water partition coefficient (Wildman–Crippen LogP) is 1.80. The molecule has 1 saturated carbocycles. The molecule has 0 unspecified atom stereocenters. The lowest BCUT2D eigenvalue weighted by atomic mass is 10.3. The zero-order valence-electron chi connectivity index (χ0n) is 10.7. The van der Waals surface area contributed by atoms with Crippen molar-refractivity contribution in [3.63, 3.8) is 0 Å². The lowest BCUT2D eigenvalue weighted by Gasteiger charge is -2.21. The Bertz CT molecular complexity index is 693. The Labute approximate surface area is 116 Å². The molecular formula is C12H11F3N4O2. The number of aliphatic carboxylic acids is 1. The van der Waals surface area contributed by atoms with E-state index in [1.165, 1.54) is 17.3 Å². The number of nitrogens with zero attached hydrogens (tertiary/aromatic N) is 4. The molecule has 1 aliphatic carbocycles. The lowest BCUT2D eigenvalue weighted by molar-refractivity contribution is -0.141. The van der Waals surface area contributed by atoms with Crippen LogP contribution in [0.15, 0.2) is 18.5 Å². The molecule has 6 nitrogen and oxygen atoms in total. The van der Waals surface area contributed by atoms with Crippen LogP contribution in [-0.4, -0.2) is 38.3 Å². The molecule has 1 aliphatic rings. The molecule has 0 amide bonds. The molecule has 0 spiro atoms.